The normalized spacial score (nSPS) is 16.2. The molecule has 147 valence electrons. The number of aromatic nitrogens is 4. The molecule has 1 aliphatic rings. The smallest absolute Gasteiger partial charge is 0.219 e. The molecule has 6 heteroatoms. The van der Waals surface area contributed by atoms with Crippen LogP contribution in [0, 0.1) is 5.92 Å². The summed E-state index contributed by atoms with van der Waals surface area (Å²) in [7, 11) is 0. The van der Waals surface area contributed by atoms with Gasteiger partial charge in [0.05, 0.1) is 0 Å². The van der Waals surface area contributed by atoms with E-state index in [2.05, 4.69) is 68.5 Å². The maximum atomic E-state index is 5.58. The Morgan fingerprint density at radius 2 is 1.00 bits per heavy atom. The van der Waals surface area contributed by atoms with Gasteiger partial charge in [-0.1, -0.05) is 48.5 Å². The van der Waals surface area contributed by atoms with Crippen LogP contribution in [0.25, 0.3) is 22.3 Å². The maximum absolute atomic E-state index is 5.58. The molecule has 0 amide bonds. The first-order valence-electron chi connectivity index (χ1n) is 9.89. The highest BCUT2D eigenvalue weighted by atomic mass is 15.0. The first-order chi connectivity index (χ1) is 14.7. The van der Waals surface area contributed by atoms with Crippen LogP contribution in [0.4, 0.5) is 11.9 Å². The summed E-state index contributed by atoms with van der Waals surface area (Å²) in [6.07, 6.45) is 9.32. The molecule has 30 heavy (non-hydrogen) atoms. The quantitative estimate of drug-likeness (QED) is 0.537. The summed E-state index contributed by atoms with van der Waals surface area (Å²) >= 11 is 0. The lowest BCUT2D eigenvalue weighted by Gasteiger charge is -2.37. The zero-order valence-corrected chi connectivity index (χ0v) is 16.4. The van der Waals surface area contributed by atoms with Crippen molar-refractivity contribution in [3.05, 3.63) is 90.4 Å². The lowest BCUT2D eigenvalue weighted by Crippen LogP contribution is -2.22. The second-order valence-corrected chi connectivity index (χ2v) is 7.48. The monoisotopic (exact) mass is 393 g/mol. The Labute approximate surface area is 175 Å². The molecule has 0 aliphatic heterocycles. The summed E-state index contributed by atoms with van der Waals surface area (Å²) in [5.41, 5.74) is 17.9. The average molecular weight is 393 g/mol. The minimum atomic E-state index is 0.290. The van der Waals surface area contributed by atoms with Crippen LogP contribution in [-0.4, -0.2) is 19.9 Å². The molecule has 1 unspecified atom stereocenters. The number of rotatable bonds is 4. The van der Waals surface area contributed by atoms with Crippen molar-refractivity contribution < 1.29 is 0 Å². The predicted octanol–water partition coefficient (Wildman–Crippen LogP) is 4.27. The largest absolute Gasteiger partial charge is 0.368 e. The highest BCUT2D eigenvalue weighted by molar-refractivity contribution is 5.64. The first kappa shape index (κ1) is 18.2. The van der Waals surface area contributed by atoms with Crippen molar-refractivity contribution in [2.45, 2.75) is 18.8 Å². The number of nitrogens with zero attached hydrogens (tertiary/aromatic N) is 4. The van der Waals surface area contributed by atoms with Gasteiger partial charge in [0.2, 0.25) is 11.9 Å². The Balaban J connectivity index is 1.32. The Kier molecular flexibility index (Phi) is 4.59. The van der Waals surface area contributed by atoms with Gasteiger partial charge in [-0.3, -0.25) is 0 Å². The molecule has 1 atom stereocenters. The second kappa shape index (κ2) is 7.55. The molecule has 5 rings (SSSR count). The third-order valence-corrected chi connectivity index (χ3v) is 5.70. The van der Waals surface area contributed by atoms with Gasteiger partial charge in [-0.05, 0) is 41.0 Å². The van der Waals surface area contributed by atoms with Gasteiger partial charge in [0.15, 0.2) is 0 Å². The number of hydrogen-bond acceptors (Lipinski definition) is 6. The summed E-state index contributed by atoms with van der Waals surface area (Å²) < 4.78 is 0. The van der Waals surface area contributed by atoms with Gasteiger partial charge in [0, 0.05) is 41.8 Å². The molecular formula is C24H21N6. The molecule has 2 aromatic heterocycles. The SMILES string of the molecule is Nc1ncc(-c2ccc([C]3CCC3c3ccc(-c4cnc(N)nc4)cc3)cc2)cn1. The number of nitrogen functional groups attached to an aromatic ring is 2. The molecular weight excluding hydrogens is 372 g/mol. The van der Waals surface area contributed by atoms with Crippen LogP contribution < -0.4 is 11.5 Å². The van der Waals surface area contributed by atoms with E-state index in [9.17, 15) is 0 Å². The van der Waals surface area contributed by atoms with E-state index >= 15 is 0 Å². The summed E-state index contributed by atoms with van der Waals surface area (Å²) in [6.45, 7) is 0. The van der Waals surface area contributed by atoms with Crippen molar-refractivity contribution >= 4 is 11.9 Å². The Bertz CT molecular complexity index is 1040. The molecule has 0 saturated heterocycles. The van der Waals surface area contributed by atoms with Crippen molar-refractivity contribution in [1.29, 1.82) is 0 Å². The van der Waals surface area contributed by atoms with E-state index < -0.39 is 0 Å². The molecule has 1 aliphatic carbocycles. The fraction of sp³-hybridized carbons (Fsp3) is 0.125. The Hall–Kier alpha value is -3.80. The van der Waals surface area contributed by atoms with E-state index in [1.54, 1.807) is 24.8 Å². The van der Waals surface area contributed by atoms with Gasteiger partial charge in [-0.15, -0.1) is 0 Å². The van der Waals surface area contributed by atoms with E-state index in [0.717, 1.165) is 28.7 Å². The molecule has 1 fully saturated rings. The Morgan fingerprint density at radius 1 is 0.567 bits per heavy atom. The second-order valence-electron chi connectivity index (χ2n) is 7.48. The van der Waals surface area contributed by atoms with E-state index in [4.69, 9.17) is 11.5 Å². The molecule has 6 nitrogen and oxygen atoms in total. The van der Waals surface area contributed by atoms with Gasteiger partial charge in [0.1, 0.15) is 0 Å². The third kappa shape index (κ3) is 3.48. The van der Waals surface area contributed by atoms with Crippen molar-refractivity contribution in [3.63, 3.8) is 0 Å². The minimum Gasteiger partial charge on any atom is -0.368 e. The summed E-state index contributed by atoms with van der Waals surface area (Å²) in [4.78, 5) is 16.3. The van der Waals surface area contributed by atoms with Crippen molar-refractivity contribution in [2.75, 3.05) is 11.5 Å². The van der Waals surface area contributed by atoms with E-state index in [0.29, 0.717) is 11.9 Å². The number of anilines is 2. The third-order valence-electron chi connectivity index (χ3n) is 5.70. The van der Waals surface area contributed by atoms with Crippen molar-refractivity contribution in [2.24, 2.45) is 0 Å². The number of nitrogens with two attached hydrogens (primary N) is 2. The Morgan fingerprint density at radius 3 is 1.43 bits per heavy atom. The highest BCUT2D eigenvalue weighted by Gasteiger charge is 2.33. The zero-order chi connectivity index (χ0) is 20.5. The minimum absolute atomic E-state index is 0.290. The lowest BCUT2D eigenvalue weighted by molar-refractivity contribution is 0.489. The molecule has 1 saturated carbocycles. The summed E-state index contributed by atoms with van der Waals surface area (Å²) in [5.74, 6) is 2.53. The number of benzene rings is 2. The molecule has 2 aromatic carbocycles. The number of hydrogen-bond donors (Lipinski definition) is 2. The molecule has 0 bridgehead atoms. The highest BCUT2D eigenvalue weighted by Crippen LogP contribution is 2.48. The van der Waals surface area contributed by atoms with Crippen molar-refractivity contribution in [1.82, 2.24) is 19.9 Å². The van der Waals surface area contributed by atoms with Crippen LogP contribution >= 0.6 is 0 Å². The fourth-order valence-electron chi connectivity index (χ4n) is 3.91. The van der Waals surface area contributed by atoms with Gasteiger partial charge in [-0.2, -0.15) is 0 Å². The van der Waals surface area contributed by atoms with Gasteiger partial charge < -0.3 is 11.5 Å². The van der Waals surface area contributed by atoms with Crippen LogP contribution in [0.15, 0.2) is 73.3 Å². The molecule has 4 aromatic rings. The van der Waals surface area contributed by atoms with Crippen LogP contribution in [0.2, 0.25) is 0 Å². The fourth-order valence-corrected chi connectivity index (χ4v) is 3.91. The van der Waals surface area contributed by atoms with Crippen LogP contribution in [0.5, 0.6) is 0 Å². The van der Waals surface area contributed by atoms with Crippen LogP contribution in [0.3, 0.4) is 0 Å². The lowest BCUT2D eigenvalue weighted by atomic mass is 9.67. The van der Waals surface area contributed by atoms with Crippen LogP contribution in [-0.2, 0) is 0 Å². The zero-order valence-electron chi connectivity index (χ0n) is 16.4. The van der Waals surface area contributed by atoms with Crippen molar-refractivity contribution in [3.8, 4) is 22.3 Å². The van der Waals surface area contributed by atoms with E-state index in [1.807, 2.05) is 0 Å². The van der Waals surface area contributed by atoms with Gasteiger partial charge in [-0.25, -0.2) is 19.9 Å². The van der Waals surface area contributed by atoms with Gasteiger partial charge in [0.25, 0.3) is 0 Å². The molecule has 0 spiro atoms. The maximum Gasteiger partial charge on any atom is 0.219 e. The standard InChI is InChI=1S/C24H21N6/c25-23-27-11-19(12-28-23)15-1-5-17(6-2-15)21-9-10-22(21)18-7-3-16(4-8-18)20-13-29-24(26)30-14-20/h1-8,11-14,21H,9-10H2,(H2,25,27,28)(H2,26,29,30). The van der Waals surface area contributed by atoms with E-state index in [1.165, 1.54) is 23.5 Å². The summed E-state index contributed by atoms with van der Waals surface area (Å²) in [6, 6.07) is 17.3. The van der Waals surface area contributed by atoms with Gasteiger partial charge >= 0.3 is 0 Å². The van der Waals surface area contributed by atoms with Crippen LogP contribution in [0.1, 0.15) is 29.9 Å². The van der Waals surface area contributed by atoms with E-state index in [-0.39, 0.29) is 5.95 Å². The predicted molar refractivity (Wildman–Crippen MR) is 118 cm³/mol. The first-order valence-corrected chi connectivity index (χ1v) is 9.89. The molecule has 4 N–H and O–H groups in total. The summed E-state index contributed by atoms with van der Waals surface area (Å²) in [5, 5.41) is 0. The topological polar surface area (TPSA) is 104 Å². The molecule has 1 radical (unpaired) electrons. The average Bonchev–Trinajstić information content (AvgIpc) is 2.75. The molecule has 2 heterocycles.